The third kappa shape index (κ3) is 2.79. The van der Waals surface area contributed by atoms with Gasteiger partial charge < -0.3 is 5.32 Å². The average Bonchev–Trinajstić information content (AvgIpc) is 2.71. The molecule has 96 valence electrons. The van der Waals surface area contributed by atoms with Gasteiger partial charge in [-0.1, -0.05) is 34.1 Å². The molecule has 1 unspecified atom stereocenters. The van der Waals surface area contributed by atoms with Gasteiger partial charge in [0.05, 0.1) is 17.9 Å². The summed E-state index contributed by atoms with van der Waals surface area (Å²) in [5, 5.41) is 11.4. The molecule has 0 bridgehead atoms. The molecule has 18 heavy (non-hydrogen) atoms. The topological polar surface area (TPSA) is 42.7 Å². The second-order valence-corrected chi connectivity index (χ2v) is 5.25. The van der Waals surface area contributed by atoms with E-state index in [2.05, 4.69) is 63.6 Å². The van der Waals surface area contributed by atoms with Crippen LogP contribution in [-0.2, 0) is 7.05 Å². The molecule has 0 fully saturated rings. The van der Waals surface area contributed by atoms with Crippen LogP contribution in [0.15, 0.2) is 28.9 Å². The fourth-order valence-corrected chi connectivity index (χ4v) is 2.71. The standard InChI is InChI=1S/C13H17BrN4/c1-4-15-13(12-8-16-17-18(12)3)10-5-9(2)6-11(14)7-10/h5-8,13,15H,4H2,1-3H3. The smallest absolute Gasteiger partial charge is 0.0798 e. The molecule has 1 N–H and O–H groups in total. The van der Waals surface area contributed by atoms with E-state index in [-0.39, 0.29) is 6.04 Å². The first kappa shape index (κ1) is 13.2. The van der Waals surface area contributed by atoms with Crippen molar-refractivity contribution in [3.63, 3.8) is 0 Å². The molecule has 1 aromatic carbocycles. The monoisotopic (exact) mass is 308 g/mol. The number of nitrogens with one attached hydrogen (secondary N) is 1. The van der Waals surface area contributed by atoms with Crippen LogP contribution in [0.4, 0.5) is 0 Å². The zero-order valence-corrected chi connectivity index (χ0v) is 12.4. The Bertz CT molecular complexity index is 515. The Hall–Kier alpha value is -1.20. The van der Waals surface area contributed by atoms with Gasteiger partial charge >= 0.3 is 0 Å². The van der Waals surface area contributed by atoms with Gasteiger partial charge in [0.2, 0.25) is 0 Å². The quantitative estimate of drug-likeness (QED) is 0.944. The van der Waals surface area contributed by atoms with E-state index in [0.717, 1.165) is 16.7 Å². The fraction of sp³-hybridized carbons (Fsp3) is 0.385. The van der Waals surface area contributed by atoms with E-state index < -0.39 is 0 Å². The number of aromatic nitrogens is 3. The molecule has 1 aromatic heterocycles. The molecule has 1 heterocycles. The van der Waals surface area contributed by atoms with Crippen LogP contribution in [0, 0.1) is 6.92 Å². The summed E-state index contributed by atoms with van der Waals surface area (Å²) >= 11 is 3.55. The van der Waals surface area contributed by atoms with Gasteiger partial charge in [-0.3, -0.25) is 4.68 Å². The van der Waals surface area contributed by atoms with Crippen molar-refractivity contribution in [3.8, 4) is 0 Å². The van der Waals surface area contributed by atoms with Gasteiger partial charge in [-0.05, 0) is 36.7 Å². The predicted octanol–water partition coefficient (Wildman–Crippen LogP) is 2.58. The Kier molecular flexibility index (Phi) is 4.14. The Morgan fingerprint density at radius 3 is 2.72 bits per heavy atom. The molecule has 0 amide bonds. The van der Waals surface area contributed by atoms with Gasteiger partial charge in [-0.2, -0.15) is 0 Å². The number of hydrogen-bond acceptors (Lipinski definition) is 3. The van der Waals surface area contributed by atoms with Crippen molar-refractivity contribution < 1.29 is 0 Å². The zero-order valence-electron chi connectivity index (χ0n) is 10.8. The van der Waals surface area contributed by atoms with E-state index in [0.29, 0.717) is 0 Å². The summed E-state index contributed by atoms with van der Waals surface area (Å²) < 4.78 is 2.90. The van der Waals surface area contributed by atoms with Crippen molar-refractivity contribution in [1.82, 2.24) is 20.3 Å². The Morgan fingerprint density at radius 2 is 2.17 bits per heavy atom. The molecule has 2 rings (SSSR count). The van der Waals surface area contributed by atoms with Crippen LogP contribution in [0.5, 0.6) is 0 Å². The van der Waals surface area contributed by atoms with Crippen molar-refractivity contribution in [2.75, 3.05) is 6.54 Å². The van der Waals surface area contributed by atoms with Crippen LogP contribution in [-0.4, -0.2) is 21.5 Å². The average molecular weight is 309 g/mol. The Morgan fingerprint density at radius 1 is 1.39 bits per heavy atom. The number of aryl methyl sites for hydroxylation is 2. The molecule has 0 aliphatic rings. The minimum atomic E-state index is 0.117. The third-order valence-electron chi connectivity index (χ3n) is 2.85. The summed E-state index contributed by atoms with van der Waals surface area (Å²) in [5.74, 6) is 0. The summed E-state index contributed by atoms with van der Waals surface area (Å²) in [7, 11) is 1.91. The first-order valence-electron chi connectivity index (χ1n) is 5.97. The first-order chi connectivity index (χ1) is 8.61. The van der Waals surface area contributed by atoms with E-state index in [1.807, 2.05) is 17.9 Å². The minimum Gasteiger partial charge on any atom is -0.305 e. The highest BCUT2D eigenvalue weighted by molar-refractivity contribution is 9.10. The maximum Gasteiger partial charge on any atom is 0.0798 e. The molecular weight excluding hydrogens is 292 g/mol. The van der Waals surface area contributed by atoms with Crippen LogP contribution in [0.25, 0.3) is 0 Å². The molecule has 0 saturated carbocycles. The van der Waals surface area contributed by atoms with Crippen LogP contribution >= 0.6 is 15.9 Å². The minimum absolute atomic E-state index is 0.117. The number of rotatable bonds is 4. The van der Waals surface area contributed by atoms with Crippen molar-refractivity contribution in [2.45, 2.75) is 19.9 Å². The highest BCUT2D eigenvalue weighted by Gasteiger charge is 2.17. The van der Waals surface area contributed by atoms with Gasteiger partial charge in [0.15, 0.2) is 0 Å². The van der Waals surface area contributed by atoms with Crippen LogP contribution < -0.4 is 5.32 Å². The number of nitrogens with zero attached hydrogens (tertiary/aromatic N) is 3. The van der Waals surface area contributed by atoms with E-state index in [1.165, 1.54) is 11.1 Å². The fourth-order valence-electron chi connectivity index (χ4n) is 2.09. The lowest BCUT2D eigenvalue weighted by atomic mass is 10.0. The molecule has 0 aliphatic carbocycles. The van der Waals surface area contributed by atoms with Gasteiger partial charge in [0.1, 0.15) is 0 Å². The number of benzene rings is 1. The first-order valence-corrected chi connectivity index (χ1v) is 6.76. The van der Waals surface area contributed by atoms with Crippen molar-refractivity contribution in [3.05, 3.63) is 45.7 Å². The summed E-state index contributed by atoms with van der Waals surface area (Å²) in [4.78, 5) is 0. The van der Waals surface area contributed by atoms with E-state index in [1.54, 1.807) is 0 Å². The van der Waals surface area contributed by atoms with Gasteiger partial charge in [-0.15, -0.1) is 5.10 Å². The predicted molar refractivity (Wildman–Crippen MR) is 75.4 cm³/mol. The van der Waals surface area contributed by atoms with Gasteiger partial charge in [0, 0.05) is 11.5 Å². The molecule has 0 spiro atoms. The van der Waals surface area contributed by atoms with Gasteiger partial charge in [-0.25, -0.2) is 0 Å². The molecule has 1 atom stereocenters. The van der Waals surface area contributed by atoms with Gasteiger partial charge in [0.25, 0.3) is 0 Å². The molecule has 0 saturated heterocycles. The van der Waals surface area contributed by atoms with Crippen LogP contribution in [0.3, 0.4) is 0 Å². The van der Waals surface area contributed by atoms with Crippen LogP contribution in [0.1, 0.15) is 29.8 Å². The summed E-state index contributed by atoms with van der Waals surface area (Å²) in [5.41, 5.74) is 3.51. The molecule has 5 heteroatoms. The summed E-state index contributed by atoms with van der Waals surface area (Å²) in [6.07, 6.45) is 1.81. The normalized spacial score (nSPS) is 12.7. The lowest BCUT2D eigenvalue weighted by molar-refractivity contribution is 0.568. The van der Waals surface area contributed by atoms with E-state index in [9.17, 15) is 0 Å². The molecule has 0 radical (unpaired) electrons. The Balaban J connectivity index is 2.44. The third-order valence-corrected chi connectivity index (χ3v) is 3.31. The maximum absolute atomic E-state index is 4.01. The second kappa shape index (κ2) is 5.63. The lowest BCUT2D eigenvalue weighted by Gasteiger charge is -2.19. The van der Waals surface area contributed by atoms with Crippen molar-refractivity contribution in [1.29, 1.82) is 0 Å². The highest BCUT2D eigenvalue weighted by atomic mass is 79.9. The van der Waals surface area contributed by atoms with Crippen molar-refractivity contribution in [2.24, 2.45) is 7.05 Å². The molecular formula is C13H17BrN4. The van der Waals surface area contributed by atoms with E-state index >= 15 is 0 Å². The van der Waals surface area contributed by atoms with E-state index in [4.69, 9.17) is 0 Å². The summed E-state index contributed by atoms with van der Waals surface area (Å²) in [6, 6.07) is 6.54. The molecule has 2 aromatic rings. The summed E-state index contributed by atoms with van der Waals surface area (Å²) in [6.45, 7) is 5.09. The van der Waals surface area contributed by atoms with Crippen LogP contribution in [0.2, 0.25) is 0 Å². The SMILES string of the molecule is CCNC(c1cc(C)cc(Br)c1)c1cnnn1C. The molecule has 0 aliphatic heterocycles. The van der Waals surface area contributed by atoms with Crippen molar-refractivity contribution >= 4 is 15.9 Å². The Labute approximate surface area is 116 Å². The number of hydrogen-bond donors (Lipinski definition) is 1. The second-order valence-electron chi connectivity index (χ2n) is 4.34. The maximum atomic E-state index is 4.01. The lowest BCUT2D eigenvalue weighted by Crippen LogP contribution is -2.24. The highest BCUT2D eigenvalue weighted by Crippen LogP contribution is 2.25. The zero-order chi connectivity index (χ0) is 13.1. The molecule has 4 nitrogen and oxygen atoms in total. The largest absolute Gasteiger partial charge is 0.305 e. The number of halogens is 1.